The fourth-order valence-corrected chi connectivity index (χ4v) is 3.69. The number of benzene rings is 1. The molecule has 0 unspecified atom stereocenters. The Labute approximate surface area is 163 Å². The van der Waals surface area contributed by atoms with E-state index < -0.39 is 0 Å². The number of nitrogens with zero attached hydrogens (tertiary/aromatic N) is 3. The minimum absolute atomic E-state index is 0.0957. The normalized spacial score (nSPS) is 14.2. The van der Waals surface area contributed by atoms with Gasteiger partial charge in [-0.3, -0.25) is 9.59 Å². The molecule has 0 radical (unpaired) electrons. The monoisotopic (exact) mass is 377 g/mol. The quantitative estimate of drug-likeness (QED) is 0.654. The van der Waals surface area contributed by atoms with E-state index in [1.807, 2.05) is 47.5 Å². The number of rotatable bonds is 4. The number of aromatic nitrogens is 2. The zero-order valence-electron chi connectivity index (χ0n) is 15.9. The van der Waals surface area contributed by atoms with Crippen LogP contribution in [0.4, 0.5) is 0 Å². The second-order valence-corrected chi connectivity index (χ2v) is 7.10. The highest BCUT2D eigenvalue weighted by molar-refractivity contribution is 5.95. The van der Waals surface area contributed by atoms with Crippen LogP contribution in [0, 0.1) is 0 Å². The number of likely N-dealkylation sites (tertiary alicyclic amines) is 1. The first-order chi connectivity index (χ1) is 13.7. The molecule has 1 aliphatic rings. The van der Waals surface area contributed by atoms with Crippen LogP contribution < -0.4 is 0 Å². The molecule has 1 saturated heterocycles. The highest BCUT2D eigenvalue weighted by Gasteiger charge is 2.18. The molecular formula is C22H23N3O3. The number of carbonyl (C=O) groups is 2. The summed E-state index contributed by atoms with van der Waals surface area (Å²) in [5.41, 5.74) is 4.33. The highest BCUT2D eigenvalue weighted by atomic mass is 16.5. The number of piperidine rings is 1. The summed E-state index contributed by atoms with van der Waals surface area (Å²) in [6.45, 7) is 1.67. The van der Waals surface area contributed by atoms with Crippen LogP contribution >= 0.6 is 0 Å². The topological polar surface area (TPSA) is 63.9 Å². The molecule has 6 heteroatoms. The van der Waals surface area contributed by atoms with Crippen molar-refractivity contribution in [1.82, 2.24) is 14.5 Å². The van der Waals surface area contributed by atoms with Crippen molar-refractivity contribution in [2.45, 2.75) is 25.7 Å². The molecule has 1 fully saturated rings. The van der Waals surface area contributed by atoms with Crippen molar-refractivity contribution in [1.29, 1.82) is 0 Å². The van der Waals surface area contributed by atoms with E-state index >= 15 is 0 Å². The van der Waals surface area contributed by atoms with E-state index in [-0.39, 0.29) is 18.3 Å². The van der Waals surface area contributed by atoms with E-state index in [0.29, 0.717) is 5.56 Å². The molecule has 1 aromatic carbocycles. The number of fused-ring (bicyclic) bond motifs is 1. The maximum Gasteiger partial charge on any atom is 0.310 e. The van der Waals surface area contributed by atoms with E-state index in [2.05, 4.69) is 5.10 Å². The third kappa shape index (κ3) is 3.63. The predicted molar refractivity (Wildman–Crippen MR) is 106 cm³/mol. The molecule has 4 rings (SSSR count). The van der Waals surface area contributed by atoms with Crippen LogP contribution in [-0.4, -0.2) is 46.6 Å². The van der Waals surface area contributed by atoms with Gasteiger partial charge in [-0.15, -0.1) is 0 Å². The standard InChI is InChI=1S/C22H23N3O3/c1-28-21(26)14-19-15-23-25-11-8-17(13-20(19)25)16-6-5-7-18(12-16)22(27)24-9-3-2-4-10-24/h5-8,11-13,15H,2-4,9-10,14H2,1H3. The molecule has 28 heavy (non-hydrogen) atoms. The van der Waals surface area contributed by atoms with Gasteiger partial charge < -0.3 is 9.64 Å². The Kier molecular flexibility index (Phi) is 5.10. The summed E-state index contributed by atoms with van der Waals surface area (Å²) in [6, 6.07) is 11.7. The first-order valence-electron chi connectivity index (χ1n) is 9.58. The van der Waals surface area contributed by atoms with Crippen molar-refractivity contribution in [3.05, 3.63) is 59.9 Å². The van der Waals surface area contributed by atoms with E-state index in [1.54, 1.807) is 10.7 Å². The zero-order chi connectivity index (χ0) is 19.5. The molecule has 0 bridgehead atoms. The van der Waals surface area contributed by atoms with Crippen LogP contribution in [0.2, 0.25) is 0 Å². The van der Waals surface area contributed by atoms with Gasteiger partial charge in [0, 0.05) is 30.4 Å². The molecule has 2 aromatic heterocycles. The second kappa shape index (κ2) is 7.84. The zero-order valence-corrected chi connectivity index (χ0v) is 15.9. The molecule has 144 valence electrons. The minimum atomic E-state index is -0.297. The van der Waals surface area contributed by atoms with E-state index in [0.717, 1.165) is 48.1 Å². The van der Waals surface area contributed by atoms with Gasteiger partial charge in [0.1, 0.15) is 0 Å². The highest BCUT2D eigenvalue weighted by Crippen LogP contribution is 2.25. The molecular weight excluding hydrogens is 354 g/mol. The van der Waals surface area contributed by atoms with Crippen molar-refractivity contribution in [2.75, 3.05) is 20.2 Å². The van der Waals surface area contributed by atoms with Gasteiger partial charge in [-0.25, -0.2) is 4.52 Å². The Bertz CT molecular complexity index is 1020. The third-order valence-electron chi connectivity index (χ3n) is 5.25. The Morgan fingerprint density at radius 1 is 1.07 bits per heavy atom. The SMILES string of the molecule is COC(=O)Cc1cnn2ccc(-c3cccc(C(=O)N4CCCCC4)c3)cc12. The first kappa shape index (κ1) is 18.2. The number of methoxy groups -OCH3 is 1. The smallest absolute Gasteiger partial charge is 0.310 e. The van der Waals surface area contributed by atoms with Crippen molar-refractivity contribution < 1.29 is 14.3 Å². The summed E-state index contributed by atoms with van der Waals surface area (Å²) in [7, 11) is 1.38. The number of hydrogen-bond acceptors (Lipinski definition) is 4. The molecule has 0 spiro atoms. The number of carbonyl (C=O) groups excluding carboxylic acids is 2. The lowest BCUT2D eigenvalue weighted by atomic mass is 10.0. The Morgan fingerprint density at radius 3 is 2.64 bits per heavy atom. The van der Waals surface area contributed by atoms with Crippen LogP contribution in [0.25, 0.3) is 16.6 Å². The summed E-state index contributed by atoms with van der Waals surface area (Å²) >= 11 is 0. The van der Waals surface area contributed by atoms with Crippen molar-refractivity contribution in [3.63, 3.8) is 0 Å². The van der Waals surface area contributed by atoms with Crippen molar-refractivity contribution >= 4 is 17.4 Å². The van der Waals surface area contributed by atoms with Gasteiger partial charge in [0.25, 0.3) is 5.91 Å². The van der Waals surface area contributed by atoms with Gasteiger partial charge >= 0.3 is 5.97 Å². The summed E-state index contributed by atoms with van der Waals surface area (Å²) in [4.78, 5) is 26.4. The first-order valence-corrected chi connectivity index (χ1v) is 9.58. The van der Waals surface area contributed by atoms with Gasteiger partial charge in [0.2, 0.25) is 0 Å². The fourth-order valence-electron chi connectivity index (χ4n) is 3.69. The van der Waals surface area contributed by atoms with Gasteiger partial charge in [-0.1, -0.05) is 12.1 Å². The average Bonchev–Trinajstić information content (AvgIpc) is 3.15. The Hall–Kier alpha value is -3.15. The molecule has 0 aliphatic carbocycles. The fraction of sp³-hybridized carbons (Fsp3) is 0.318. The summed E-state index contributed by atoms with van der Waals surface area (Å²) in [6.07, 6.45) is 7.08. The summed E-state index contributed by atoms with van der Waals surface area (Å²) < 4.78 is 6.51. The van der Waals surface area contributed by atoms with Crippen LogP contribution in [0.1, 0.15) is 35.2 Å². The molecule has 1 aliphatic heterocycles. The van der Waals surface area contributed by atoms with E-state index in [9.17, 15) is 9.59 Å². The maximum atomic E-state index is 12.8. The lowest BCUT2D eigenvalue weighted by Crippen LogP contribution is -2.35. The van der Waals surface area contributed by atoms with Crippen LogP contribution in [0.5, 0.6) is 0 Å². The lowest BCUT2D eigenvalue weighted by molar-refractivity contribution is -0.139. The molecule has 0 N–H and O–H groups in total. The number of pyridine rings is 1. The van der Waals surface area contributed by atoms with Gasteiger partial charge in [-0.05, 0) is 54.7 Å². The van der Waals surface area contributed by atoms with Crippen LogP contribution in [-0.2, 0) is 16.0 Å². The van der Waals surface area contributed by atoms with E-state index in [4.69, 9.17) is 4.74 Å². The summed E-state index contributed by atoms with van der Waals surface area (Å²) in [5.74, 6) is -0.201. The maximum absolute atomic E-state index is 12.8. The number of hydrogen-bond donors (Lipinski definition) is 0. The average molecular weight is 377 g/mol. The Morgan fingerprint density at radius 2 is 1.86 bits per heavy atom. The predicted octanol–water partition coefficient (Wildman–Crippen LogP) is 3.34. The number of amides is 1. The molecule has 0 saturated carbocycles. The molecule has 3 heterocycles. The number of esters is 1. The lowest BCUT2D eigenvalue weighted by Gasteiger charge is -2.26. The molecule has 1 amide bonds. The van der Waals surface area contributed by atoms with Gasteiger partial charge in [0.05, 0.1) is 25.2 Å². The van der Waals surface area contributed by atoms with Crippen LogP contribution in [0.3, 0.4) is 0 Å². The number of ether oxygens (including phenoxy) is 1. The Balaban J connectivity index is 1.65. The molecule has 6 nitrogen and oxygen atoms in total. The third-order valence-corrected chi connectivity index (χ3v) is 5.25. The van der Waals surface area contributed by atoms with Crippen LogP contribution in [0.15, 0.2) is 48.8 Å². The largest absolute Gasteiger partial charge is 0.469 e. The minimum Gasteiger partial charge on any atom is -0.469 e. The molecule has 0 atom stereocenters. The second-order valence-electron chi connectivity index (χ2n) is 7.10. The van der Waals surface area contributed by atoms with Crippen molar-refractivity contribution in [2.24, 2.45) is 0 Å². The van der Waals surface area contributed by atoms with Gasteiger partial charge in [-0.2, -0.15) is 5.10 Å². The van der Waals surface area contributed by atoms with Crippen molar-refractivity contribution in [3.8, 4) is 11.1 Å². The summed E-state index contributed by atoms with van der Waals surface area (Å²) in [5, 5.41) is 4.30. The van der Waals surface area contributed by atoms with Gasteiger partial charge in [0.15, 0.2) is 0 Å². The molecule has 3 aromatic rings. The van der Waals surface area contributed by atoms with E-state index in [1.165, 1.54) is 13.5 Å².